The average Bonchev–Trinajstić information content (AvgIpc) is 3.46. The van der Waals surface area contributed by atoms with Crippen molar-refractivity contribution in [1.29, 1.82) is 0 Å². The minimum atomic E-state index is -0.0903. The van der Waals surface area contributed by atoms with Gasteiger partial charge >= 0.3 is 5.69 Å². The van der Waals surface area contributed by atoms with Crippen molar-refractivity contribution in [1.82, 2.24) is 9.13 Å². The first-order valence-corrected chi connectivity index (χ1v) is 16.2. The number of rotatable bonds is 5. The Morgan fingerprint density at radius 3 is 1.29 bits per heavy atom. The molecule has 9 aromatic rings. The highest BCUT2D eigenvalue weighted by molar-refractivity contribution is 6.22. The zero-order valence-corrected chi connectivity index (χ0v) is 26.1. The van der Waals surface area contributed by atoms with Gasteiger partial charge in [-0.05, 0) is 91.3 Å². The Morgan fingerprint density at radius 2 is 0.729 bits per heavy atom. The molecule has 0 aliphatic carbocycles. The number of aromatic nitrogens is 2. The van der Waals surface area contributed by atoms with Gasteiger partial charge in [0.2, 0.25) is 0 Å². The van der Waals surface area contributed by atoms with Crippen molar-refractivity contribution < 1.29 is 0 Å². The molecule has 0 aliphatic heterocycles. The van der Waals surface area contributed by atoms with Crippen LogP contribution in [0.25, 0.3) is 77.3 Å². The van der Waals surface area contributed by atoms with E-state index in [4.69, 9.17) is 0 Å². The van der Waals surface area contributed by atoms with E-state index < -0.39 is 0 Å². The van der Waals surface area contributed by atoms with E-state index in [1.165, 1.54) is 49.4 Å². The van der Waals surface area contributed by atoms with Crippen molar-refractivity contribution in [3.63, 3.8) is 0 Å². The predicted molar refractivity (Wildman–Crippen MR) is 200 cm³/mol. The molecule has 0 atom stereocenters. The number of para-hydroxylation sites is 3. The maximum absolute atomic E-state index is 14.0. The molecule has 0 saturated heterocycles. The second kappa shape index (κ2) is 11.4. The quantitative estimate of drug-likeness (QED) is 0.177. The van der Waals surface area contributed by atoms with Gasteiger partial charge in [0.15, 0.2) is 0 Å². The van der Waals surface area contributed by atoms with E-state index in [2.05, 4.69) is 127 Å². The number of benzene rings is 8. The van der Waals surface area contributed by atoms with Crippen molar-refractivity contribution in [3.8, 4) is 44.8 Å². The lowest BCUT2D eigenvalue weighted by Crippen LogP contribution is -2.22. The topological polar surface area (TPSA) is 26.9 Å². The Bertz CT molecular complexity index is 2610. The fraction of sp³-hybridized carbons (Fsp3) is 0. The van der Waals surface area contributed by atoms with Crippen LogP contribution in [0.15, 0.2) is 187 Å². The Morgan fingerprint density at radius 1 is 0.312 bits per heavy atom. The molecule has 0 radical (unpaired) electrons. The van der Waals surface area contributed by atoms with Crippen molar-refractivity contribution in [2.75, 3.05) is 0 Å². The van der Waals surface area contributed by atoms with Crippen molar-refractivity contribution in [2.45, 2.75) is 0 Å². The molecule has 3 heteroatoms. The Hall–Kier alpha value is -6.45. The first-order valence-electron chi connectivity index (χ1n) is 16.2. The molecular weight excluding hydrogens is 585 g/mol. The molecule has 0 fully saturated rings. The molecule has 0 spiro atoms. The molecule has 0 aliphatic rings. The summed E-state index contributed by atoms with van der Waals surface area (Å²) in [4.78, 5) is 14.0. The molecule has 0 N–H and O–H groups in total. The highest BCUT2D eigenvalue weighted by atomic mass is 16.1. The van der Waals surface area contributed by atoms with Crippen LogP contribution in [-0.4, -0.2) is 9.13 Å². The fourth-order valence-electron chi connectivity index (χ4n) is 7.30. The third-order valence-electron chi connectivity index (χ3n) is 9.39. The summed E-state index contributed by atoms with van der Waals surface area (Å²) < 4.78 is 3.60. The summed E-state index contributed by atoms with van der Waals surface area (Å²) in [5.41, 5.74) is 10.5. The van der Waals surface area contributed by atoms with E-state index >= 15 is 0 Å². The van der Waals surface area contributed by atoms with E-state index in [0.717, 1.165) is 28.0 Å². The molecule has 0 amide bonds. The average molecular weight is 615 g/mol. The molecular formula is C45H30N2O. The van der Waals surface area contributed by atoms with Gasteiger partial charge in [0.25, 0.3) is 0 Å². The lowest BCUT2D eigenvalue weighted by molar-refractivity contribution is 0.931. The van der Waals surface area contributed by atoms with Crippen LogP contribution in [0, 0.1) is 0 Å². The van der Waals surface area contributed by atoms with Crippen molar-refractivity contribution >= 4 is 32.6 Å². The summed E-state index contributed by atoms with van der Waals surface area (Å²) >= 11 is 0. The molecule has 9 rings (SSSR count). The standard InChI is InChI=1S/C45H30N2O/c48-45-46(33-17-5-2-6-18-33)41-25-13-14-26-42(41)47(45)34-29-27-32(28-30-34)43-37-21-9-11-23-39(37)44(40-24-12-10-22-38(40)43)36-20-8-7-19-35(36)31-15-3-1-4-16-31/h1-30H. The van der Waals surface area contributed by atoms with Gasteiger partial charge in [0.1, 0.15) is 0 Å². The number of hydrogen-bond acceptors (Lipinski definition) is 1. The van der Waals surface area contributed by atoms with Crippen LogP contribution in [0.5, 0.6) is 0 Å². The van der Waals surface area contributed by atoms with E-state index in [1.807, 2.05) is 59.2 Å². The maximum atomic E-state index is 14.0. The maximum Gasteiger partial charge on any atom is 0.338 e. The largest absolute Gasteiger partial charge is 0.338 e. The zero-order chi connectivity index (χ0) is 32.0. The Balaban J connectivity index is 1.25. The molecule has 1 heterocycles. The summed E-state index contributed by atoms with van der Waals surface area (Å²) in [6.07, 6.45) is 0. The van der Waals surface area contributed by atoms with E-state index in [9.17, 15) is 4.79 Å². The van der Waals surface area contributed by atoms with Gasteiger partial charge in [0, 0.05) is 0 Å². The fourth-order valence-corrected chi connectivity index (χ4v) is 7.30. The third kappa shape index (κ3) is 4.40. The second-order valence-corrected chi connectivity index (χ2v) is 12.1. The summed E-state index contributed by atoms with van der Waals surface area (Å²) in [6.45, 7) is 0. The van der Waals surface area contributed by atoms with Gasteiger partial charge in [-0.25, -0.2) is 4.79 Å². The summed E-state index contributed by atoms with van der Waals surface area (Å²) in [5.74, 6) is 0. The normalized spacial score (nSPS) is 11.4. The predicted octanol–water partition coefficient (Wildman–Crippen LogP) is 11.1. The molecule has 0 saturated carbocycles. The Labute approximate surface area is 278 Å². The molecule has 1 aromatic heterocycles. The number of hydrogen-bond donors (Lipinski definition) is 0. The molecule has 0 unspecified atom stereocenters. The van der Waals surface area contributed by atoms with Gasteiger partial charge in [-0.15, -0.1) is 0 Å². The van der Waals surface area contributed by atoms with Crippen LogP contribution < -0.4 is 5.69 Å². The monoisotopic (exact) mass is 614 g/mol. The SMILES string of the molecule is O=c1n(-c2ccccc2)c2ccccc2n1-c1ccc(-c2c3ccccc3c(-c3ccccc3-c3ccccc3)c3ccccc23)cc1. The zero-order valence-electron chi connectivity index (χ0n) is 26.1. The van der Waals surface area contributed by atoms with E-state index in [0.29, 0.717) is 0 Å². The first kappa shape index (κ1) is 27.8. The van der Waals surface area contributed by atoms with Crippen LogP contribution in [0.1, 0.15) is 0 Å². The van der Waals surface area contributed by atoms with Crippen molar-refractivity contribution in [2.24, 2.45) is 0 Å². The molecule has 3 nitrogen and oxygen atoms in total. The number of fused-ring (bicyclic) bond motifs is 3. The van der Waals surface area contributed by atoms with Crippen LogP contribution in [-0.2, 0) is 0 Å². The van der Waals surface area contributed by atoms with Crippen LogP contribution in [0.2, 0.25) is 0 Å². The van der Waals surface area contributed by atoms with Gasteiger partial charge in [-0.3, -0.25) is 9.13 Å². The lowest BCUT2D eigenvalue weighted by atomic mass is 9.84. The smallest absolute Gasteiger partial charge is 0.260 e. The van der Waals surface area contributed by atoms with Gasteiger partial charge < -0.3 is 0 Å². The Kier molecular flexibility index (Phi) is 6.62. The van der Waals surface area contributed by atoms with E-state index in [-0.39, 0.29) is 5.69 Å². The van der Waals surface area contributed by atoms with Crippen LogP contribution in [0.4, 0.5) is 0 Å². The number of nitrogens with zero attached hydrogens (tertiary/aromatic N) is 2. The van der Waals surface area contributed by atoms with Gasteiger partial charge in [0.05, 0.1) is 22.4 Å². The molecule has 8 aromatic carbocycles. The highest BCUT2D eigenvalue weighted by Crippen LogP contribution is 2.46. The number of imidazole rings is 1. The third-order valence-corrected chi connectivity index (χ3v) is 9.39. The van der Waals surface area contributed by atoms with Gasteiger partial charge in [-0.2, -0.15) is 0 Å². The minimum absolute atomic E-state index is 0.0903. The second-order valence-electron chi connectivity index (χ2n) is 12.1. The molecule has 226 valence electrons. The lowest BCUT2D eigenvalue weighted by Gasteiger charge is -2.19. The molecule has 0 bridgehead atoms. The summed E-state index contributed by atoms with van der Waals surface area (Å²) in [6, 6.07) is 63.1. The van der Waals surface area contributed by atoms with Crippen LogP contribution >= 0.6 is 0 Å². The minimum Gasteiger partial charge on any atom is -0.260 e. The summed E-state index contributed by atoms with van der Waals surface area (Å²) in [5, 5.41) is 4.81. The van der Waals surface area contributed by atoms with Crippen LogP contribution in [0.3, 0.4) is 0 Å². The summed E-state index contributed by atoms with van der Waals surface area (Å²) in [7, 11) is 0. The highest BCUT2D eigenvalue weighted by Gasteiger charge is 2.20. The van der Waals surface area contributed by atoms with Gasteiger partial charge in [-0.1, -0.05) is 146 Å². The first-order chi connectivity index (χ1) is 23.8. The molecule has 48 heavy (non-hydrogen) atoms. The van der Waals surface area contributed by atoms with E-state index in [1.54, 1.807) is 4.57 Å². The van der Waals surface area contributed by atoms with Crippen molar-refractivity contribution in [3.05, 3.63) is 192 Å².